The van der Waals surface area contributed by atoms with Crippen LogP contribution in [0.25, 0.3) is 0 Å². The van der Waals surface area contributed by atoms with Crippen LogP contribution in [0, 0.1) is 5.92 Å². The number of halogens is 1. The summed E-state index contributed by atoms with van der Waals surface area (Å²) in [6, 6.07) is 5.34. The Morgan fingerprint density at radius 2 is 2.21 bits per heavy atom. The van der Waals surface area contributed by atoms with Gasteiger partial charge in [0.05, 0.1) is 11.6 Å². The number of hydrogen-bond acceptors (Lipinski definition) is 2. The molecule has 1 aromatic rings. The molecule has 0 saturated heterocycles. The van der Waals surface area contributed by atoms with Gasteiger partial charge in [0.15, 0.2) is 0 Å². The monoisotopic (exact) mass is 211 g/mol. The molecule has 2 N–H and O–H groups in total. The summed E-state index contributed by atoms with van der Waals surface area (Å²) in [5.41, 5.74) is 6.25. The minimum Gasteiger partial charge on any atom is -0.492 e. The zero-order chi connectivity index (χ0) is 9.97. The maximum atomic E-state index is 5.96. The second-order valence-electron chi connectivity index (χ2n) is 3.77. The van der Waals surface area contributed by atoms with Crippen LogP contribution in [0.15, 0.2) is 18.2 Å². The third kappa shape index (κ3) is 2.55. The van der Waals surface area contributed by atoms with Crippen LogP contribution in [-0.2, 0) is 0 Å². The van der Waals surface area contributed by atoms with Gasteiger partial charge >= 0.3 is 0 Å². The van der Waals surface area contributed by atoms with Gasteiger partial charge in [0, 0.05) is 5.69 Å². The lowest BCUT2D eigenvalue weighted by molar-refractivity contribution is 0.302. The molecule has 0 bridgehead atoms. The molecular weight excluding hydrogens is 198 g/mol. The highest BCUT2D eigenvalue weighted by atomic mass is 35.5. The van der Waals surface area contributed by atoms with Gasteiger partial charge < -0.3 is 10.5 Å². The maximum absolute atomic E-state index is 5.96. The summed E-state index contributed by atoms with van der Waals surface area (Å²) in [4.78, 5) is 0. The summed E-state index contributed by atoms with van der Waals surface area (Å²) in [6.45, 7) is 0.758. The quantitative estimate of drug-likeness (QED) is 0.777. The van der Waals surface area contributed by atoms with Crippen LogP contribution in [0.2, 0.25) is 5.02 Å². The smallest absolute Gasteiger partial charge is 0.138 e. The van der Waals surface area contributed by atoms with Gasteiger partial charge in [0.2, 0.25) is 0 Å². The molecule has 0 spiro atoms. The highest BCUT2D eigenvalue weighted by molar-refractivity contribution is 6.32. The predicted molar refractivity (Wildman–Crippen MR) is 58.7 cm³/mol. The van der Waals surface area contributed by atoms with Crippen molar-refractivity contribution in [1.29, 1.82) is 0 Å². The molecule has 2 rings (SSSR count). The number of nitrogen functional groups attached to an aromatic ring is 1. The SMILES string of the molecule is Nc1ccc(OCCC2CC2)c(Cl)c1. The molecule has 1 saturated carbocycles. The molecule has 14 heavy (non-hydrogen) atoms. The fourth-order valence-electron chi connectivity index (χ4n) is 1.38. The van der Waals surface area contributed by atoms with Gasteiger partial charge in [-0.3, -0.25) is 0 Å². The van der Waals surface area contributed by atoms with Gasteiger partial charge in [0.1, 0.15) is 5.75 Å². The molecule has 2 nitrogen and oxygen atoms in total. The molecule has 76 valence electrons. The lowest BCUT2D eigenvalue weighted by Gasteiger charge is -2.07. The van der Waals surface area contributed by atoms with E-state index < -0.39 is 0 Å². The highest BCUT2D eigenvalue weighted by Crippen LogP contribution is 2.33. The van der Waals surface area contributed by atoms with E-state index in [0.29, 0.717) is 10.7 Å². The molecular formula is C11H14ClNO. The molecule has 3 heteroatoms. The second-order valence-corrected chi connectivity index (χ2v) is 4.18. The van der Waals surface area contributed by atoms with E-state index in [1.54, 1.807) is 12.1 Å². The summed E-state index contributed by atoms with van der Waals surface area (Å²) in [6.07, 6.45) is 3.86. The van der Waals surface area contributed by atoms with Crippen LogP contribution < -0.4 is 10.5 Å². The predicted octanol–water partition coefficient (Wildman–Crippen LogP) is 3.10. The minimum absolute atomic E-state index is 0.598. The Kier molecular flexibility index (Phi) is 2.82. The van der Waals surface area contributed by atoms with Crippen LogP contribution in [-0.4, -0.2) is 6.61 Å². The van der Waals surface area contributed by atoms with Gasteiger partial charge in [-0.05, 0) is 30.5 Å². The molecule has 0 radical (unpaired) electrons. The zero-order valence-corrected chi connectivity index (χ0v) is 8.76. The van der Waals surface area contributed by atoms with Crippen molar-refractivity contribution in [2.75, 3.05) is 12.3 Å². The Bertz CT molecular complexity index is 323. The van der Waals surface area contributed by atoms with Crippen molar-refractivity contribution in [2.24, 2.45) is 5.92 Å². The van der Waals surface area contributed by atoms with Crippen LogP contribution >= 0.6 is 11.6 Å². The van der Waals surface area contributed by atoms with Crippen LogP contribution in [0.5, 0.6) is 5.75 Å². The average Bonchev–Trinajstić information content (AvgIpc) is 2.92. The molecule has 1 aliphatic carbocycles. The van der Waals surface area contributed by atoms with Gasteiger partial charge in [-0.15, -0.1) is 0 Å². The van der Waals surface area contributed by atoms with Crippen LogP contribution in [0.4, 0.5) is 5.69 Å². The first-order chi connectivity index (χ1) is 6.75. The molecule has 0 atom stereocenters. The lowest BCUT2D eigenvalue weighted by Crippen LogP contribution is -1.99. The minimum atomic E-state index is 0.598. The van der Waals surface area contributed by atoms with Gasteiger partial charge in [0.25, 0.3) is 0 Å². The van der Waals surface area contributed by atoms with E-state index in [-0.39, 0.29) is 0 Å². The number of ether oxygens (including phenoxy) is 1. The van der Waals surface area contributed by atoms with E-state index in [1.165, 1.54) is 12.8 Å². The first-order valence-corrected chi connectivity index (χ1v) is 5.31. The molecule has 0 aromatic heterocycles. The molecule has 0 aliphatic heterocycles. The fourth-order valence-corrected chi connectivity index (χ4v) is 1.62. The van der Waals surface area contributed by atoms with Crippen LogP contribution in [0.1, 0.15) is 19.3 Å². The van der Waals surface area contributed by atoms with E-state index in [2.05, 4.69) is 0 Å². The number of benzene rings is 1. The molecule has 1 fully saturated rings. The Morgan fingerprint density at radius 3 is 2.86 bits per heavy atom. The number of hydrogen-bond donors (Lipinski definition) is 1. The maximum Gasteiger partial charge on any atom is 0.138 e. The molecule has 0 amide bonds. The third-order valence-corrected chi connectivity index (χ3v) is 2.73. The van der Waals surface area contributed by atoms with E-state index in [9.17, 15) is 0 Å². The summed E-state index contributed by atoms with van der Waals surface area (Å²) in [5.74, 6) is 1.63. The second kappa shape index (κ2) is 4.09. The van der Waals surface area contributed by atoms with Crippen molar-refractivity contribution in [2.45, 2.75) is 19.3 Å². The van der Waals surface area contributed by atoms with Gasteiger partial charge in [-0.2, -0.15) is 0 Å². The van der Waals surface area contributed by atoms with E-state index in [1.807, 2.05) is 6.07 Å². The van der Waals surface area contributed by atoms with Crippen molar-refractivity contribution < 1.29 is 4.74 Å². The molecule has 1 aromatic carbocycles. The van der Waals surface area contributed by atoms with E-state index in [4.69, 9.17) is 22.1 Å². The van der Waals surface area contributed by atoms with Crippen molar-refractivity contribution in [1.82, 2.24) is 0 Å². The fraction of sp³-hybridized carbons (Fsp3) is 0.455. The van der Waals surface area contributed by atoms with E-state index in [0.717, 1.165) is 24.7 Å². The summed E-state index contributed by atoms with van der Waals surface area (Å²) in [7, 11) is 0. The first-order valence-electron chi connectivity index (χ1n) is 4.93. The van der Waals surface area contributed by atoms with E-state index >= 15 is 0 Å². The molecule has 1 aliphatic rings. The number of nitrogens with two attached hydrogens (primary N) is 1. The Labute approximate surface area is 89.0 Å². The Hall–Kier alpha value is -0.890. The van der Waals surface area contributed by atoms with Crippen molar-refractivity contribution in [3.8, 4) is 5.75 Å². The van der Waals surface area contributed by atoms with Gasteiger partial charge in [-0.25, -0.2) is 0 Å². The zero-order valence-electron chi connectivity index (χ0n) is 8.00. The summed E-state index contributed by atoms with van der Waals surface area (Å²) >= 11 is 5.96. The van der Waals surface area contributed by atoms with Gasteiger partial charge in [-0.1, -0.05) is 24.4 Å². The largest absolute Gasteiger partial charge is 0.492 e. The van der Waals surface area contributed by atoms with Crippen LogP contribution in [0.3, 0.4) is 0 Å². The number of rotatable bonds is 4. The standard InChI is InChI=1S/C11H14ClNO/c12-10-7-9(13)3-4-11(10)14-6-5-8-1-2-8/h3-4,7-8H,1-2,5-6,13H2. The summed E-state index contributed by atoms with van der Waals surface area (Å²) < 4.78 is 5.56. The number of anilines is 1. The normalized spacial score (nSPS) is 15.5. The molecule has 0 heterocycles. The molecule has 0 unspecified atom stereocenters. The van der Waals surface area contributed by atoms with Crippen molar-refractivity contribution in [3.05, 3.63) is 23.2 Å². The highest BCUT2D eigenvalue weighted by Gasteiger charge is 2.20. The van der Waals surface area contributed by atoms with Crippen molar-refractivity contribution >= 4 is 17.3 Å². The third-order valence-electron chi connectivity index (χ3n) is 2.44. The average molecular weight is 212 g/mol. The summed E-state index contributed by atoms with van der Waals surface area (Å²) in [5, 5.41) is 0.598. The topological polar surface area (TPSA) is 35.2 Å². The Balaban J connectivity index is 1.87. The first kappa shape index (κ1) is 9.66. The Morgan fingerprint density at radius 1 is 1.43 bits per heavy atom. The lowest BCUT2D eigenvalue weighted by atomic mass is 10.3. The van der Waals surface area contributed by atoms with Crippen molar-refractivity contribution in [3.63, 3.8) is 0 Å².